The number of carbonyl (C=O) groups excluding carboxylic acids is 1. The van der Waals surface area contributed by atoms with E-state index in [4.69, 9.17) is 5.73 Å². The Hall–Kier alpha value is -1.52. The fraction of sp³-hybridized carbons (Fsp3) is 0.462. The topological polar surface area (TPSA) is 43.1 Å². The van der Waals surface area contributed by atoms with Gasteiger partial charge in [-0.3, -0.25) is 4.79 Å². The molecule has 18 heavy (non-hydrogen) atoms. The smallest absolute Gasteiger partial charge is 0.369 e. The van der Waals surface area contributed by atoms with Crippen molar-refractivity contribution in [3.63, 3.8) is 0 Å². The molecule has 0 aromatic heterocycles. The molecular weight excluding hydrogens is 243 g/mol. The molecule has 1 rings (SSSR count). The predicted molar refractivity (Wildman–Crippen MR) is 62.7 cm³/mol. The van der Waals surface area contributed by atoms with Gasteiger partial charge in [-0.25, -0.2) is 0 Å². The van der Waals surface area contributed by atoms with E-state index in [0.717, 1.165) is 12.1 Å². The van der Waals surface area contributed by atoms with E-state index in [-0.39, 0.29) is 11.8 Å². The van der Waals surface area contributed by atoms with Crippen LogP contribution in [0.5, 0.6) is 0 Å². The van der Waals surface area contributed by atoms with Crippen LogP contribution in [0.3, 0.4) is 0 Å². The van der Waals surface area contributed by atoms with Crippen molar-refractivity contribution in [3.8, 4) is 0 Å². The van der Waals surface area contributed by atoms with Gasteiger partial charge >= 0.3 is 6.18 Å². The van der Waals surface area contributed by atoms with Crippen molar-refractivity contribution < 1.29 is 18.0 Å². The molecule has 0 spiro atoms. The van der Waals surface area contributed by atoms with Crippen molar-refractivity contribution in [2.75, 3.05) is 0 Å². The Balaban J connectivity index is 2.83. The number of primary amides is 1. The zero-order chi connectivity index (χ0) is 13.9. The molecule has 2 N–H and O–H groups in total. The zero-order valence-corrected chi connectivity index (χ0v) is 10.3. The summed E-state index contributed by atoms with van der Waals surface area (Å²) in [6, 6.07) is 4.82. The predicted octanol–water partition coefficient (Wildman–Crippen LogP) is 3.01. The molecule has 0 fully saturated rings. The molecule has 0 aliphatic rings. The summed E-state index contributed by atoms with van der Waals surface area (Å²) in [5, 5.41) is 0. The third-order valence-corrected chi connectivity index (χ3v) is 2.91. The van der Waals surface area contributed by atoms with E-state index in [9.17, 15) is 18.0 Å². The molecule has 100 valence electrons. The lowest BCUT2D eigenvalue weighted by Gasteiger charge is -2.17. The summed E-state index contributed by atoms with van der Waals surface area (Å²) in [5.41, 5.74) is 5.26. The van der Waals surface area contributed by atoms with E-state index in [2.05, 4.69) is 0 Å². The number of carbonyl (C=O) groups is 1. The second kappa shape index (κ2) is 5.42. The van der Waals surface area contributed by atoms with Crippen molar-refractivity contribution >= 4 is 5.91 Å². The lowest BCUT2D eigenvalue weighted by Crippen LogP contribution is -2.29. The van der Waals surface area contributed by atoms with Crippen molar-refractivity contribution in [3.05, 3.63) is 35.4 Å². The first-order valence-electron chi connectivity index (χ1n) is 5.67. The molecule has 1 aromatic carbocycles. The first kappa shape index (κ1) is 14.5. The SMILES string of the molecule is CC(C)C(Cc1ccc(C(F)(F)F)cc1)C(N)=O. The van der Waals surface area contributed by atoms with E-state index in [1.54, 1.807) is 0 Å². The molecule has 1 amide bonds. The van der Waals surface area contributed by atoms with Gasteiger partial charge in [-0.15, -0.1) is 0 Å². The maximum Gasteiger partial charge on any atom is 0.416 e. The van der Waals surface area contributed by atoms with Gasteiger partial charge in [0.25, 0.3) is 0 Å². The van der Waals surface area contributed by atoms with Crippen LogP contribution in [0, 0.1) is 11.8 Å². The number of benzene rings is 1. The highest BCUT2D eigenvalue weighted by molar-refractivity contribution is 5.77. The molecule has 1 unspecified atom stereocenters. The second-order valence-corrected chi connectivity index (χ2v) is 4.65. The van der Waals surface area contributed by atoms with Crippen LogP contribution >= 0.6 is 0 Å². The number of alkyl halides is 3. The Morgan fingerprint density at radius 1 is 1.22 bits per heavy atom. The molecule has 0 saturated heterocycles. The minimum Gasteiger partial charge on any atom is -0.369 e. The summed E-state index contributed by atoms with van der Waals surface area (Å²) in [6.07, 6.45) is -3.97. The number of amides is 1. The third kappa shape index (κ3) is 3.75. The Kier molecular flexibility index (Phi) is 4.38. The number of hydrogen-bond acceptors (Lipinski definition) is 1. The van der Waals surface area contributed by atoms with Gasteiger partial charge in [0.15, 0.2) is 0 Å². The standard InChI is InChI=1S/C13H16F3NO/c1-8(2)11(12(17)18)7-9-3-5-10(6-4-9)13(14,15)16/h3-6,8,11H,7H2,1-2H3,(H2,17,18). The maximum absolute atomic E-state index is 12.4. The normalized spacial score (nSPS) is 13.7. The van der Waals surface area contributed by atoms with Gasteiger partial charge in [-0.2, -0.15) is 13.2 Å². The van der Waals surface area contributed by atoms with Gasteiger partial charge in [0.05, 0.1) is 5.56 Å². The summed E-state index contributed by atoms with van der Waals surface area (Å²) in [4.78, 5) is 11.2. The van der Waals surface area contributed by atoms with Crippen molar-refractivity contribution in [1.29, 1.82) is 0 Å². The second-order valence-electron chi connectivity index (χ2n) is 4.65. The van der Waals surface area contributed by atoms with Crippen molar-refractivity contribution in [2.45, 2.75) is 26.4 Å². The number of hydrogen-bond donors (Lipinski definition) is 1. The highest BCUT2D eigenvalue weighted by Crippen LogP contribution is 2.29. The minimum absolute atomic E-state index is 0.0600. The number of halogens is 3. The molecule has 5 heteroatoms. The molecule has 1 atom stereocenters. The van der Waals surface area contributed by atoms with E-state index in [1.165, 1.54) is 12.1 Å². The first-order chi connectivity index (χ1) is 8.21. The lowest BCUT2D eigenvalue weighted by atomic mass is 9.88. The molecule has 0 aliphatic heterocycles. The van der Waals surface area contributed by atoms with Gasteiger partial charge in [0.1, 0.15) is 0 Å². The van der Waals surface area contributed by atoms with Crippen LogP contribution in [-0.4, -0.2) is 5.91 Å². The molecule has 0 saturated carbocycles. The molecule has 0 heterocycles. The first-order valence-corrected chi connectivity index (χ1v) is 5.67. The van der Waals surface area contributed by atoms with Crippen LogP contribution in [0.4, 0.5) is 13.2 Å². The van der Waals surface area contributed by atoms with Crippen LogP contribution in [0.1, 0.15) is 25.0 Å². The van der Waals surface area contributed by atoms with Crippen LogP contribution in [0.25, 0.3) is 0 Å². The third-order valence-electron chi connectivity index (χ3n) is 2.91. The Labute approximate surface area is 104 Å². The summed E-state index contributed by atoms with van der Waals surface area (Å²) >= 11 is 0. The number of nitrogens with two attached hydrogens (primary N) is 1. The van der Waals surface area contributed by atoms with Gasteiger partial charge in [-0.05, 0) is 30.0 Å². The molecule has 2 nitrogen and oxygen atoms in total. The molecule has 1 aromatic rings. The fourth-order valence-corrected chi connectivity index (χ4v) is 1.75. The number of rotatable bonds is 4. The van der Waals surface area contributed by atoms with E-state index in [1.807, 2.05) is 13.8 Å². The van der Waals surface area contributed by atoms with Crippen molar-refractivity contribution in [2.24, 2.45) is 17.6 Å². The van der Waals surface area contributed by atoms with Gasteiger partial charge in [0, 0.05) is 5.92 Å². The summed E-state index contributed by atoms with van der Waals surface area (Å²) in [7, 11) is 0. The van der Waals surface area contributed by atoms with E-state index in [0.29, 0.717) is 12.0 Å². The maximum atomic E-state index is 12.4. The quantitative estimate of drug-likeness (QED) is 0.887. The Morgan fingerprint density at radius 2 is 1.72 bits per heavy atom. The van der Waals surface area contributed by atoms with Crippen LogP contribution in [0.2, 0.25) is 0 Å². The largest absolute Gasteiger partial charge is 0.416 e. The van der Waals surface area contributed by atoms with Crippen LogP contribution in [0.15, 0.2) is 24.3 Å². The molecule has 0 aliphatic carbocycles. The zero-order valence-electron chi connectivity index (χ0n) is 10.3. The van der Waals surface area contributed by atoms with Gasteiger partial charge in [0.2, 0.25) is 5.91 Å². The average molecular weight is 259 g/mol. The van der Waals surface area contributed by atoms with E-state index < -0.39 is 17.6 Å². The summed E-state index contributed by atoms with van der Waals surface area (Å²) in [5.74, 6) is -0.726. The lowest BCUT2D eigenvalue weighted by molar-refractivity contribution is -0.137. The Morgan fingerprint density at radius 3 is 2.06 bits per heavy atom. The van der Waals surface area contributed by atoms with Crippen LogP contribution < -0.4 is 5.73 Å². The molecular formula is C13H16F3NO. The highest BCUT2D eigenvalue weighted by atomic mass is 19.4. The van der Waals surface area contributed by atoms with Crippen molar-refractivity contribution in [1.82, 2.24) is 0 Å². The minimum atomic E-state index is -4.33. The van der Waals surface area contributed by atoms with E-state index >= 15 is 0 Å². The molecule has 0 bridgehead atoms. The monoisotopic (exact) mass is 259 g/mol. The van der Waals surface area contributed by atoms with Crippen LogP contribution in [-0.2, 0) is 17.4 Å². The molecule has 0 radical (unpaired) electrons. The summed E-state index contributed by atoms with van der Waals surface area (Å²) < 4.78 is 37.1. The van der Waals surface area contributed by atoms with Gasteiger partial charge < -0.3 is 5.73 Å². The fourth-order valence-electron chi connectivity index (χ4n) is 1.75. The highest BCUT2D eigenvalue weighted by Gasteiger charge is 2.30. The summed E-state index contributed by atoms with van der Waals surface area (Å²) in [6.45, 7) is 3.72. The Bertz CT molecular complexity index is 409. The van der Waals surface area contributed by atoms with Gasteiger partial charge in [-0.1, -0.05) is 26.0 Å². The average Bonchev–Trinajstić information content (AvgIpc) is 2.24.